The number of rotatable bonds is 5. The van der Waals surface area contributed by atoms with Crippen molar-refractivity contribution in [3.05, 3.63) is 17.6 Å². The summed E-state index contributed by atoms with van der Waals surface area (Å²) in [7, 11) is 5.31. The molecule has 0 spiro atoms. The first-order valence-corrected chi connectivity index (χ1v) is 5.62. The van der Waals surface area contributed by atoms with Gasteiger partial charge in [0.25, 0.3) is 0 Å². The highest BCUT2D eigenvalue weighted by molar-refractivity contribution is 5.77. The molecule has 18 heavy (non-hydrogen) atoms. The summed E-state index contributed by atoms with van der Waals surface area (Å²) in [4.78, 5) is 23.5. The summed E-state index contributed by atoms with van der Waals surface area (Å²) in [6.07, 6.45) is 0. The monoisotopic (exact) mass is 252 g/mol. The van der Waals surface area contributed by atoms with Gasteiger partial charge in [0.15, 0.2) is 0 Å². The van der Waals surface area contributed by atoms with Gasteiger partial charge in [-0.15, -0.1) is 0 Å². The van der Waals surface area contributed by atoms with Crippen LogP contribution in [0.2, 0.25) is 0 Å². The van der Waals surface area contributed by atoms with Gasteiger partial charge in [0.1, 0.15) is 11.6 Å². The molecule has 0 aliphatic rings. The summed E-state index contributed by atoms with van der Waals surface area (Å²) >= 11 is 0. The van der Waals surface area contributed by atoms with Crippen molar-refractivity contribution < 1.29 is 4.79 Å². The van der Waals surface area contributed by atoms with Gasteiger partial charge in [-0.3, -0.25) is 9.69 Å². The third kappa shape index (κ3) is 4.27. The maximum Gasteiger partial charge on any atom is 0.236 e. The Morgan fingerprint density at radius 1 is 1.39 bits per heavy atom. The van der Waals surface area contributed by atoms with Gasteiger partial charge in [-0.1, -0.05) is 0 Å². The van der Waals surface area contributed by atoms with Crippen LogP contribution < -0.4 is 11.3 Å². The fraction of sp³-hybridized carbons (Fsp3) is 0.545. The van der Waals surface area contributed by atoms with Crippen LogP contribution in [-0.2, 0) is 11.3 Å². The van der Waals surface area contributed by atoms with Crippen LogP contribution >= 0.6 is 0 Å². The molecule has 0 aromatic carbocycles. The van der Waals surface area contributed by atoms with Gasteiger partial charge in [-0.25, -0.2) is 15.8 Å². The van der Waals surface area contributed by atoms with E-state index in [0.29, 0.717) is 24.7 Å². The van der Waals surface area contributed by atoms with Crippen LogP contribution in [0, 0.1) is 6.92 Å². The Labute approximate surface area is 107 Å². The minimum atomic E-state index is 0.0438. The quantitative estimate of drug-likeness (QED) is 0.547. The summed E-state index contributed by atoms with van der Waals surface area (Å²) in [6.45, 7) is 2.70. The van der Waals surface area contributed by atoms with E-state index in [-0.39, 0.29) is 5.91 Å². The molecule has 0 saturated heterocycles. The number of hydrogen-bond acceptors (Lipinski definition) is 6. The van der Waals surface area contributed by atoms with Gasteiger partial charge >= 0.3 is 0 Å². The highest BCUT2D eigenvalue weighted by atomic mass is 16.2. The lowest BCUT2D eigenvalue weighted by molar-refractivity contribution is -0.129. The second-order valence-corrected chi connectivity index (χ2v) is 4.42. The molecule has 0 bridgehead atoms. The lowest BCUT2D eigenvalue weighted by Gasteiger charge is -2.18. The van der Waals surface area contributed by atoms with Crippen molar-refractivity contribution in [2.45, 2.75) is 13.5 Å². The van der Waals surface area contributed by atoms with E-state index in [4.69, 9.17) is 5.84 Å². The van der Waals surface area contributed by atoms with Crippen LogP contribution in [0.3, 0.4) is 0 Å². The predicted octanol–water partition coefficient (Wildman–Crippen LogP) is -0.409. The average Bonchev–Trinajstić information content (AvgIpc) is 2.27. The molecule has 0 fully saturated rings. The number of aromatic nitrogens is 2. The molecule has 1 rings (SSSR count). The minimum absolute atomic E-state index is 0.0438. The van der Waals surface area contributed by atoms with Gasteiger partial charge < -0.3 is 10.3 Å². The molecular formula is C11H20N6O. The lowest BCUT2D eigenvalue weighted by Crippen LogP contribution is -2.34. The number of nitrogen functional groups attached to an aromatic ring is 1. The molecule has 1 aromatic heterocycles. The molecule has 0 radical (unpaired) electrons. The summed E-state index contributed by atoms with van der Waals surface area (Å²) in [5, 5.41) is 0. The zero-order chi connectivity index (χ0) is 13.7. The second kappa shape index (κ2) is 6.27. The first-order valence-electron chi connectivity index (χ1n) is 5.62. The second-order valence-electron chi connectivity index (χ2n) is 4.42. The molecule has 1 heterocycles. The van der Waals surface area contributed by atoms with E-state index < -0.39 is 0 Å². The molecule has 1 aromatic rings. The van der Waals surface area contributed by atoms with Crippen LogP contribution in [0.15, 0.2) is 6.07 Å². The Balaban J connectivity index is 2.66. The Kier molecular flexibility index (Phi) is 4.99. The highest BCUT2D eigenvalue weighted by Gasteiger charge is 2.10. The van der Waals surface area contributed by atoms with E-state index in [1.165, 1.54) is 0 Å². The summed E-state index contributed by atoms with van der Waals surface area (Å²) in [5.41, 5.74) is 3.33. The third-order valence-corrected chi connectivity index (χ3v) is 2.36. The van der Waals surface area contributed by atoms with Crippen molar-refractivity contribution in [1.29, 1.82) is 0 Å². The fourth-order valence-electron chi connectivity index (χ4n) is 1.44. The van der Waals surface area contributed by atoms with Crippen LogP contribution in [0.4, 0.5) is 5.82 Å². The van der Waals surface area contributed by atoms with Crippen LogP contribution in [0.5, 0.6) is 0 Å². The largest absolute Gasteiger partial charge is 0.348 e. The summed E-state index contributed by atoms with van der Waals surface area (Å²) in [5.74, 6) is 6.58. The van der Waals surface area contributed by atoms with E-state index in [0.717, 1.165) is 5.69 Å². The number of likely N-dealkylation sites (N-methyl/N-ethyl adjacent to an activating group) is 2. The highest BCUT2D eigenvalue weighted by Crippen LogP contribution is 2.06. The molecule has 7 nitrogen and oxygen atoms in total. The molecule has 3 N–H and O–H groups in total. The third-order valence-electron chi connectivity index (χ3n) is 2.36. The van der Waals surface area contributed by atoms with Crippen molar-refractivity contribution in [3.63, 3.8) is 0 Å². The Morgan fingerprint density at radius 2 is 2.06 bits per heavy atom. The number of nitrogens with two attached hydrogens (primary N) is 1. The van der Waals surface area contributed by atoms with Crippen molar-refractivity contribution in [3.8, 4) is 0 Å². The molecule has 0 aliphatic heterocycles. The van der Waals surface area contributed by atoms with Gasteiger partial charge in [-0.05, 0) is 14.0 Å². The van der Waals surface area contributed by atoms with Crippen LogP contribution in [0.25, 0.3) is 0 Å². The zero-order valence-corrected chi connectivity index (χ0v) is 11.3. The maximum absolute atomic E-state index is 11.5. The van der Waals surface area contributed by atoms with Crippen molar-refractivity contribution in [2.75, 3.05) is 33.1 Å². The summed E-state index contributed by atoms with van der Waals surface area (Å²) < 4.78 is 0. The minimum Gasteiger partial charge on any atom is -0.348 e. The number of hydrazine groups is 1. The number of nitrogens with zero attached hydrogens (tertiary/aromatic N) is 4. The molecule has 0 atom stereocenters. The molecule has 0 unspecified atom stereocenters. The van der Waals surface area contributed by atoms with Crippen molar-refractivity contribution in [1.82, 2.24) is 19.8 Å². The molecule has 1 amide bonds. The van der Waals surface area contributed by atoms with Gasteiger partial charge in [0, 0.05) is 25.9 Å². The van der Waals surface area contributed by atoms with Gasteiger partial charge in [0.05, 0.1) is 13.1 Å². The van der Waals surface area contributed by atoms with Gasteiger partial charge in [-0.2, -0.15) is 0 Å². The van der Waals surface area contributed by atoms with Crippen molar-refractivity contribution in [2.24, 2.45) is 5.84 Å². The van der Waals surface area contributed by atoms with E-state index in [9.17, 15) is 4.79 Å². The molecule has 7 heteroatoms. The van der Waals surface area contributed by atoms with E-state index in [2.05, 4.69) is 15.4 Å². The molecule has 100 valence electrons. The topological polar surface area (TPSA) is 87.4 Å². The molecular weight excluding hydrogens is 232 g/mol. The smallest absolute Gasteiger partial charge is 0.236 e. The first kappa shape index (κ1) is 14.3. The first-order chi connectivity index (χ1) is 8.42. The standard InChI is InChI=1S/C11H20N6O/c1-8-5-9(15-12)14-10(13-8)6-17(4)7-11(18)16(2)3/h5H,6-7,12H2,1-4H3,(H,13,14,15). The number of aryl methyl sites for hydroxylation is 1. The number of carbonyl (C=O) groups excluding carboxylic acids is 1. The number of hydrogen-bond donors (Lipinski definition) is 2. The Hall–Kier alpha value is -1.73. The van der Waals surface area contributed by atoms with Crippen LogP contribution in [0.1, 0.15) is 11.5 Å². The number of amides is 1. The SMILES string of the molecule is Cc1cc(NN)nc(CN(C)CC(=O)N(C)C)n1. The van der Waals surface area contributed by atoms with E-state index >= 15 is 0 Å². The van der Waals surface area contributed by atoms with Crippen LogP contribution in [-0.4, -0.2) is 53.4 Å². The fourth-order valence-corrected chi connectivity index (χ4v) is 1.44. The normalized spacial score (nSPS) is 10.6. The number of carbonyl (C=O) groups is 1. The predicted molar refractivity (Wildman–Crippen MR) is 69.6 cm³/mol. The molecule has 0 aliphatic carbocycles. The van der Waals surface area contributed by atoms with E-state index in [1.54, 1.807) is 25.1 Å². The summed E-state index contributed by atoms with van der Waals surface area (Å²) in [6, 6.07) is 1.76. The average molecular weight is 252 g/mol. The zero-order valence-electron chi connectivity index (χ0n) is 11.3. The Bertz CT molecular complexity index is 420. The maximum atomic E-state index is 11.5. The van der Waals surface area contributed by atoms with Gasteiger partial charge in [0.2, 0.25) is 5.91 Å². The Morgan fingerprint density at radius 3 is 2.61 bits per heavy atom. The lowest BCUT2D eigenvalue weighted by atomic mass is 10.4. The number of nitrogens with one attached hydrogen (secondary N) is 1. The van der Waals surface area contributed by atoms with Crippen molar-refractivity contribution >= 4 is 11.7 Å². The molecule has 0 saturated carbocycles. The van der Waals surface area contributed by atoms with E-state index in [1.807, 2.05) is 18.9 Å². The number of anilines is 1.